The number of para-hydroxylation sites is 3. The molecule has 122 heavy (non-hydrogen) atoms. The first-order valence-electron chi connectivity index (χ1n) is 40.9. The highest BCUT2D eigenvalue weighted by atomic mass is 32.1. The minimum absolute atomic E-state index is 0.537. The number of thiophene rings is 2. The Labute approximate surface area is 704 Å². The molecule has 0 unspecified atom stereocenters. The molecule has 0 aliphatic carbocycles. The van der Waals surface area contributed by atoms with Gasteiger partial charge in [0.2, 0.25) is 0 Å². The van der Waals surface area contributed by atoms with Gasteiger partial charge in [0.1, 0.15) is 22.3 Å². The van der Waals surface area contributed by atoms with Crippen molar-refractivity contribution in [2.75, 3.05) is 0 Å². The Morgan fingerprint density at radius 3 is 1.07 bits per heavy atom. The molecule has 0 aliphatic rings. The summed E-state index contributed by atoms with van der Waals surface area (Å²) in [7, 11) is 0. The third kappa shape index (κ3) is 10.9. The van der Waals surface area contributed by atoms with Crippen molar-refractivity contribution in [3.8, 4) is 113 Å². The van der Waals surface area contributed by atoms with Crippen molar-refractivity contribution in [1.82, 2.24) is 39.0 Å². The summed E-state index contributed by atoms with van der Waals surface area (Å²) in [5.41, 5.74) is 20.7. The number of furan rings is 2. The van der Waals surface area contributed by atoms with Crippen LogP contribution < -0.4 is 0 Å². The van der Waals surface area contributed by atoms with Crippen LogP contribution in [0, 0.1) is 0 Å². The van der Waals surface area contributed by atoms with Gasteiger partial charge in [0.25, 0.3) is 0 Å². The van der Waals surface area contributed by atoms with Gasteiger partial charge < -0.3 is 18.0 Å². The van der Waals surface area contributed by atoms with Crippen LogP contribution >= 0.6 is 22.7 Å². The smallest absolute Gasteiger partial charge is 0.166 e. The molecule has 0 radical (unpaired) electrons. The van der Waals surface area contributed by atoms with E-state index in [0.717, 1.165) is 181 Å². The SMILES string of the molecule is c1ccc(-c2cccc(-c3nc(-c4ccc5c(c4)sc4ccccc45)nc(-c4cc5c(cc4-n4c6ccccc6c6cc7ccccc7cc64)oc4cc(-c6ccc(-c7ccc(-c8nc(-c9ccc%10c(c9)sc9ccccc9%10)nc(-c9cc%10c(cc9-n9c%11ccccc%11c%11cc%12ccccc%12cc%119)oc9ccccc9%10)n8)cc7)cc6)ccc45)n3)c2)cc1. The van der Waals surface area contributed by atoms with E-state index in [1.54, 1.807) is 22.7 Å². The summed E-state index contributed by atoms with van der Waals surface area (Å²) in [6.45, 7) is 0. The van der Waals surface area contributed by atoms with E-state index >= 15 is 0 Å². The zero-order chi connectivity index (χ0) is 79.8. The second-order valence-corrected chi connectivity index (χ2v) is 33.8. The van der Waals surface area contributed by atoms with Gasteiger partial charge in [-0.1, -0.05) is 267 Å². The number of hydrogen-bond acceptors (Lipinski definition) is 10. The number of hydrogen-bond donors (Lipinski definition) is 0. The normalized spacial score (nSPS) is 12.1. The molecule has 0 bridgehead atoms. The number of nitrogens with zero attached hydrogens (tertiary/aromatic N) is 8. The van der Waals surface area contributed by atoms with Crippen molar-refractivity contribution in [1.29, 1.82) is 0 Å². The second kappa shape index (κ2) is 26.8. The standard InChI is InChI=1S/C110H62N8O2S2/c1-2-19-63(20-3-1)68-25-18-26-74(51-68)106-112-108(76-47-50-84-82-31-12-17-36-102(82)122-104(84)58-76)116-110(114-106)90-60-88-80-48-45-73(56-98(80)120-100(88)62-96(90)118-92-33-14-9-28-78(92)86-53-70-22-5-7-24-72(70)55-94(86)118)66-39-37-64(38-40-66)65-41-43-67(44-42-65)105-111-107(75-46-49-83-81-30-11-16-35-101(81)121-103(83)57-75)115-109(113-105)89-59-87-79-29-10-15-34-97(79)119-99(87)61-95(89)117-91-32-13-8-27-77(91)85-52-69-21-4-6-23-71(69)54-93(85)117/h1-62H. The third-order valence-corrected chi connectivity index (χ3v) is 26.9. The molecule has 0 atom stereocenters. The molecule has 18 aromatic carbocycles. The van der Waals surface area contributed by atoms with Crippen LogP contribution in [0.2, 0.25) is 0 Å². The van der Waals surface area contributed by atoms with E-state index in [4.69, 9.17) is 38.7 Å². The highest BCUT2D eigenvalue weighted by molar-refractivity contribution is 7.26. The Balaban J connectivity index is 0.597. The van der Waals surface area contributed by atoms with E-state index in [1.165, 1.54) is 46.4 Å². The Kier molecular flexibility index (Phi) is 15.0. The molecule has 26 aromatic rings. The maximum Gasteiger partial charge on any atom is 0.166 e. The molecule has 0 N–H and O–H groups in total. The molecule has 12 heteroatoms. The fraction of sp³-hybridized carbons (Fsp3) is 0. The summed E-state index contributed by atoms with van der Waals surface area (Å²) >= 11 is 3.57. The minimum atomic E-state index is 0.537. The van der Waals surface area contributed by atoms with Crippen LogP contribution in [0.1, 0.15) is 0 Å². The summed E-state index contributed by atoms with van der Waals surface area (Å²) in [4.78, 5) is 33.2. The zero-order valence-corrected chi connectivity index (χ0v) is 66.6. The first kappa shape index (κ1) is 68.2. The molecular weight excluding hydrogens is 1530 g/mol. The fourth-order valence-electron chi connectivity index (χ4n) is 18.7. The summed E-state index contributed by atoms with van der Waals surface area (Å²) in [5, 5.41) is 18.0. The molecule has 0 spiro atoms. The molecule has 566 valence electrons. The first-order valence-corrected chi connectivity index (χ1v) is 42.5. The maximum atomic E-state index is 7.19. The van der Waals surface area contributed by atoms with Gasteiger partial charge in [0, 0.05) is 129 Å². The zero-order valence-electron chi connectivity index (χ0n) is 65.0. The lowest BCUT2D eigenvalue weighted by atomic mass is 9.98. The molecule has 0 saturated carbocycles. The lowest BCUT2D eigenvalue weighted by molar-refractivity contribution is 0.668. The van der Waals surface area contributed by atoms with Gasteiger partial charge in [0.05, 0.1) is 33.4 Å². The van der Waals surface area contributed by atoms with E-state index in [9.17, 15) is 0 Å². The maximum absolute atomic E-state index is 7.19. The molecule has 0 amide bonds. The molecule has 10 nitrogen and oxygen atoms in total. The van der Waals surface area contributed by atoms with Crippen LogP contribution in [0.4, 0.5) is 0 Å². The Bertz CT molecular complexity index is 8920. The lowest BCUT2D eigenvalue weighted by Crippen LogP contribution is -2.04. The Morgan fingerprint density at radius 1 is 0.180 bits per heavy atom. The topological polar surface area (TPSA) is 113 Å². The van der Waals surface area contributed by atoms with Crippen LogP contribution in [0.15, 0.2) is 385 Å². The molecule has 0 saturated heterocycles. The van der Waals surface area contributed by atoms with Crippen molar-refractivity contribution in [2.24, 2.45) is 0 Å². The molecule has 0 aliphatic heterocycles. The largest absolute Gasteiger partial charge is 0.456 e. The quantitative estimate of drug-likeness (QED) is 0.126. The predicted octanol–water partition coefficient (Wildman–Crippen LogP) is 30.1. The number of aromatic nitrogens is 8. The number of fused-ring (bicyclic) bond motifs is 20. The van der Waals surface area contributed by atoms with Gasteiger partial charge in [-0.2, -0.15) is 0 Å². The van der Waals surface area contributed by atoms with Crippen molar-refractivity contribution >= 4 is 172 Å². The van der Waals surface area contributed by atoms with E-state index in [0.29, 0.717) is 34.9 Å². The monoisotopic (exact) mass is 1590 g/mol. The first-order chi connectivity index (χ1) is 60.4. The van der Waals surface area contributed by atoms with Gasteiger partial charge in [-0.15, -0.1) is 22.7 Å². The number of rotatable bonds is 11. The summed E-state index contributed by atoms with van der Waals surface area (Å²) in [5.74, 6) is 3.36. The van der Waals surface area contributed by atoms with Crippen molar-refractivity contribution in [3.05, 3.63) is 376 Å². The summed E-state index contributed by atoms with van der Waals surface area (Å²) < 4.78 is 23.5. The molecular formula is C110H62N8O2S2. The van der Waals surface area contributed by atoms with Crippen LogP contribution in [0.5, 0.6) is 0 Å². The molecule has 8 heterocycles. The van der Waals surface area contributed by atoms with E-state index in [-0.39, 0.29) is 0 Å². The molecule has 0 fully saturated rings. The van der Waals surface area contributed by atoms with Gasteiger partial charge in [-0.05, 0) is 152 Å². The average molecular weight is 1590 g/mol. The predicted molar refractivity (Wildman–Crippen MR) is 506 cm³/mol. The van der Waals surface area contributed by atoms with Crippen LogP contribution in [-0.4, -0.2) is 39.0 Å². The van der Waals surface area contributed by atoms with E-state index < -0.39 is 0 Å². The van der Waals surface area contributed by atoms with Gasteiger partial charge in [0.15, 0.2) is 34.9 Å². The fourth-order valence-corrected chi connectivity index (χ4v) is 21.0. The minimum Gasteiger partial charge on any atom is -0.456 e. The highest BCUT2D eigenvalue weighted by Gasteiger charge is 2.27. The van der Waals surface area contributed by atoms with Crippen LogP contribution in [-0.2, 0) is 0 Å². The average Bonchev–Trinajstić information content (AvgIpc) is 1.57. The molecule has 8 aromatic heterocycles. The Hall–Kier alpha value is -15.9. The number of benzene rings is 18. The van der Waals surface area contributed by atoms with Gasteiger partial charge in [-0.25, -0.2) is 29.9 Å². The van der Waals surface area contributed by atoms with Crippen LogP contribution in [0.3, 0.4) is 0 Å². The summed E-state index contributed by atoms with van der Waals surface area (Å²) in [6, 6.07) is 134. The van der Waals surface area contributed by atoms with E-state index in [2.05, 4.69) is 373 Å². The van der Waals surface area contributed by atoms with Crippen LogP contribution in [0.25, 0.3) is 262 Å². The van der Waals surface area contributed by atoms with Crippen molar-refractivity contribution in [3.63, 3.8) is 0 Å². The summed E-state index contributed by atoms with van der Waals surface area (Å²) in [6.07, 6.45) is 0. The van der Waals surface area contributed by atoms with Gasteiger partial charge >= 0.3 is 0 Å². The third-order valence-electron chi connectivity index (χ3n) is 24.6. The van der Waals surface area contributed by atoms with Crippen molar-refractivity contribution < 1.29 is 8.83 Å². The lowest BCUT2D eigenvalue weighted by Gasteiger charge is -2.15. The van der Waals surface area contributed by atoms with E-state index in [1.807, 2.05) is 12.1 Å². The second-order valence-electron chi connectivity index (χ2n) is 31.6. The van der Waals surface area contributed by atoms with Crippen molar-refractivity contribution in [2.45, 2.75) is 0 Å². The Morgan fingerprint density at radius 2 is 0.525 bits per heavy atom. The highest BCUT2D eigenvalue weighted by Crippen LogP contribution is 2.48. The van der Waals surface area contributed by atoms with Gasteiger partial charge in [-0.3, -0.25) is 0 Å². The molecule has 26 rings (SSSR count).